The summed E-state index contributed by atoms with van der Waals surface area (Å²) in [5.41, 5.74) is 0.845. The Balaban J connectivity index is 2.20. The van der Waals surface area contributed by atoms with Gasteiger partial charge in [-0.25, -0.2) is 8.42 Å². The number of benzene rings is 1. The van der Waals surface area contributed by atoms with Gasteiger partial charge < -0.3 is 0 Å². The molecule has 0 spiro atoms. The van der Waals surface area contributed by atoms with Gasteiger partial charge in [-0.1, -0.05) is 25.0 Å². The number of nitrogens with zero attached hydrogens (tertiary/aromatic N) is 2. The maximum atomic E-state index is 12.5. The van der Waals surface area contributed by atoms with Crippen molar-refractivity contribution in [3.63, 3.8) is 0 Å². The molecule has 5 heteroatoms. The molecule has 0 saturated carbocycles. The van der Waals surface area contributed by atoms with Gasteiger partial charge in [0.05, 0.1) is 17.4 Å². The Hall–Kier alpha value is -1.38. The molecule has 1 saturated heterocycles. The molecule has 0 bridgehead atoms. The lowest BCUT2D eigenvalue weighted by molar-refractivity contribution is 0.423. The van der Waals surface area contributed by atoms with E-state index >= 15 is 0 Å². The Morgan fingerprint density at radius 3 is 2.16 bits per heavy atom. The molecule has 1 heterocycles. The Morgan fingerprint density at radius 1 is 1.05 bits per heavy atom. The van der Waals surface area contributed by atoms with Gasteiger partial charge >= 0.3 is 0 Å². The first kappa shape index (κ1) is 14.0. The Labute approximate surface area is 114 Å². The van der Waals surface area contributed by atoms with E-state index in [1.807, 2.05) is 0 Å². The van der Waals surface area contributed by atoms with Gasteiger partial charge in [0.15, 0.2) is 0 Å². The van der Waals surface area contributed by atoms with Gasteiger partial charge in [-0.05, 0) is 30.5 Å². The molecule has 0 atom stereocenters. The molecule has 1 aromatic rings. The summed E-state index contributed by atoms with van der Waals surface area (Å²) < 4.78 is 26.5. The number of sulfonamides is 1. The lowest BCUT2D eigenvalue weighted by Gasteiger charge is -2.19. The maximum Gasteiger partial charge on any atom is 0.243 e. The third-order valence-electron chi connectivity index (χ3n) is 3.41. The first-order valence-electron chi connectivity index (χ1n) is 6.60. The van der Waals surface area contributed by atoms with Crippen LogP contribution in [0.25, 0.3) is 0 Å². The van der Waals surface area contributed by atoms with Crippen LogP contribution < -0.4 is 0 Å². The molecule has 1 aliphatic rings. The highest BCUT2D eigenvalue weighted by Gasteiger charge is 2.24. The summed E-state index contributed by atoms with van der Waals surface area (Å²) in [6, 6.07) is 8.69. The number of rotatable bonds is 3. The molecule has 0 radical (unpaired) electrons. The van der Waals surface area contributed by atoms with Crippen LogP contribution >= 0.6 is 0 Å². The number of hydrogen-bond acceptors (Lipinski definition) is 3. The first-order chi connectivity index (χ1) is 9.14. The highest BCUT2D eigenvalue weighted by atomic mass is 32.2. The fourth-order valence-corrected chi connectivity index (χ4v) is 3.82. The molecule has 1 aromatic carbocycles. The minimum atomic E-state index is -3.37. The van der Waals surface area contributed by atoms with Crippen molar-refractivity contribution in [3.8, 4) is 6.07 Å². The smallest absolute Gasteiger partial charge is 0.207 e. The summed E-state index contributed by atoms with van der Waals surface area (Å²) in [5.74, 6) is 0. The lowest BCUT2D eigenvalue weighted by Crippen LogP contribution is -2.31. The Morgan fingerprint density at radius 2 is 1.63 bits per heavy atom. The summed E-state index contributed by atoms with van der Waals surface area (Å²) in [6.07, 6.45) is 4.39. The minimum Gasteiger partial charge on any atom is -0.207 e. The second-order valence-electron chi connectivity index (χ2n) is 4.80. The molecule has 2 rings (SSSR count). The topological polar surface area (TPSA) is 61.2 Å². The fourth-order valence-electron chi connectivity index (χ4n) is 2.30. The summed E-state index contributed by atoms with van der Waals surface area (Å²) >= 11 is 0. The minimum absolute atomic E-state index is 0.310. The molecule has 0 aromatic heterocycles. The van der Waals surface area contributed by atoms with E-state index in [-0.39, 0.29) is 0 Å². The highest BCUT2D eigenvalue weighted by molar-refractivity contribution is 7.89. The average molecular weight is 278 g/mol. The monoisotopic (exact) mass is 278 g/mol. The van der Waals surface area contributed by atoms with Crippen molar-refractivity contribution in [1.29, 1.82) is 5.26 Å². The number of hydrogen-bond donors (Lipinski definition) is 0. The van der Waals surface area contributed by atoms with E-state index in [0.717, 1.165) is 31.2 Å². The standard InChI is InChI=1S/C14H18N2O2S/c15-10-9-13-5-7-14(8-6-13)19(17,18)16-11-3-1-2-4-12-16/h5-8H,1-4,9,11-12H2. The SMILES string of the molecule is N#CCc1ccc(S(=O)(=O)N2CCCCCC2)cc1. The second kappa shape index (κ2) is 6.18. The van der Waals surface area contributed by atoms with Crippen LogP contribution in [0, 0.1) is 11.3 Å². The van der Waals surface area contributed by atoms with Crippen LogP contribution in [0.2, 0.25) is 0 Å². The van der Waals surface area contributed by atoms with Crippen molar-refractivity contribution in [2.75, 3.05) is 13.1 Å². The van der Waals surface area contributed by atoms with E-state index in [0.29, 0.717) is 24.4 Å². The molecular weight excluding hydrogens is 260 g/mol. The second-order valence-corrected chi connectivity index (χ2v) is 6.74. The van der Waals surface area contributed by atoms with Crippen molar-refractivity contribution in [1.82, 2.24) is 4.31 Å². The van der Waals surface area contributed by atoms with Crippen LogP contribution in [0.5, 0.6) is 0 Å². The zero-order chi connectivity index (χ0) is 13.7. The lowest BCUT2D eigenvalue weighted by atomic mass is 10.2. The maximum absolute atomic E-state index is 12.5. The van der Waals surface area contributed by atoms with E-state index in [4.69, 9.17) is 5.26 Å². The van der Waals surface area contributed by atoms with Gasteiger partial charge in [-0.2, -0.15) is 9.57 Å². The molecule has 0 amide bonds. The summed E-state index contributed by atoms with van der Waals surface area (Å²) in [6.45, 7) is 1.23. The third kappa shape index (κ3) is 3.34. The zero-order valence-corrected chi connectivity index (χ0v) is 11.7. The normalized spacial score (nSPS) is 17.6. The molecular formula is C14H18N2O2S. The van der Waals surface area contributed by atoms with E-state index in [1.165, 1.54) is 0 Å². The molecule has 19 heavy (non-hydrogen) atoms. The Kier molecular flexibility index (Phi) is 4.56. The highest BCUT2D eigenvalue weighted by Crippen LogP contribution is 2.20. The quantitative estimate of drug-likeness (QED) is 0.852. The summed E-state index contributed by atoms with van der Waals surface area (Å²) in [5, 5.41) is 8.61. The van der Waals surface area contributed by atoms with E-state index < -0.39 is 10.0 Å². The molecule has 1 fully saturated rings. The number of nitriles is 1. The molecule has 1 aliphatic heterocycles. The third-order valence-corrected chi connectivity index (χ3v) is 5.32. The van der Waals surface area contributed by atoms with Crippen molar-refractivity contribution in [2.45, 2.75) is 37.0 Å². The van der Waals surface area contributed by atoms with Crippen LogP contribution in [-0.2, 0) is 16.4 Å². The van der Waals surface area contributed by atoms with Gasteiger partial charge in [-0.15, -0.1) is 0 Å². The molecule has 102 valence electrons. The van der Waals surface area contributed by atoms with Crippen molar-refractivity contribution < 1.29 is 8.42 Å². The molecule has 4 nitrogen and oxygen atoms in total. The van der Waals surface area contributed by atoms with Crippen molar-refractivity contribution in [3.05, 3.63) is 29.8 Å². The van der Waals surface area contributed by atoms with Gasteiger partial charge in [-0.3, -0.25) is 0 Å². The summed E-state index contributed by atoms with van der Waals surface area (Å²) in [4.78, 5) is 0.330. The molecule has 0 unspecified atom stereocenters. The van der Waals surface area contributed by atoms with Crippen molar-refractivity contribution >= 4 is 10.0 Å². The van der Waals surface area contributed by atoms with Gasteiger partial charge in [0.1, 0.15) is 0 Å². The van der Waals surface area contributed by atoms with Crippen LogP contribution in [-0.4, -0.2) is 25.8 Å². The van der Waals surface area contributed by atoms with Gasteiger partial charge in [0, 0.05) is 13.1 Å². The predicted molar refractivity (Wildman–Crippen MR) is 73.0 cm³/mol. The Bertz CT molecular complexity index is 550. The van der Waals surface area contributed by atoms with Crippen LogP contribution in [0.1, 0.15) is 31.2 Å². The van der Waals surface area contributed by atoms with Crippen LogP contribution in [0.15, 0.2) is 29.2 Å². The largest absolute Gasteiger partial charge is 0.243 e. The predicted octanol–water partition coefficient (Wildman–Crippen LogP) is 2.32. The fraction of sp³-hybridized carbons (Fsp3) is 0.500. The van der Waals surface area contributed by atoms with E-state index in [1.54, 1.807) is 28.6 Å². The van der Waals surface area contributed by atoms with Crippen molar-refractivity contribution in [2.24, 2.45) is 0 Å². The van der Waals surface area contributed by atoms with Gasteiger partial charge in [0.25, 0.3) is 0 Å². The first-order valence-corrected chi connectivity index (χ1v) is 8.04. The van der Waals surface area contributed by atoms with Crippen LogP contribution in [0.4, 0.5) is 0 Å². The van der Waals surface area contributed by atoms with E-state index in [9.17, 15) is 8.42 Å². The van der Waals surface area contributed by atoms with Gasteiger partial charge in [0.2, 0.25) is 10.0 Å². The van der Waals surface area contributed by atoms with Crippen LogP contribution in [0.3, 0.4) is 0 Å². The summed E-state index contributed by atoms with van der Waals surface area (Å²) in [7, 11) is -3.37. The molecule has 0 aliphatic carbocycles. The zero-order valence-electron chi connectivity index (χ0n) is 10.9. The average Bonchev–Trinajstić information content (AvgIpc) is 2.69. The molecule has 0 N–H and O–H groups in total. The van der Waals surface area contributed by atoms with E-state index in [2.05, 4.69) is 6.07 Å².